The van der Waals surface area contributed by atoms with Gasteiger partial charge < -0.3 is 14.8 Å². The summed E-state index contributed by atoms with van der Waals surface area (Å²) in [5, 5.41) is 2.94. The summed E-state index contributed by atoms with van der Waals surface area (Å²) in [5.41, 5.74) is -0.668. The minimum Gasteiger partial charge on any atom is -0.467 e. The Kier molecular flexibility index (Phi) is 6.30. The Morgan fingerprint density at radius 1 is 1.17 bits per heavy atom. The summed E-state index contributed by atoms with van der Waals surface area (Å²) in [7, 11) is 0. The SMILES string of the molecule is O=C(COc1cc(Oc2ccc(F)cc2)[nH]c(=O)n1)NCC1CC2CCCC(C2)C1. The highest BCUT2D eigenvalue weighted by Gasteiger charge is 2.31. The molecule has 0 aliphatic heterocycles. The van der Waals surface area contributed by atoms with E-state index < -0.39 is 11.5 Å². The number of fused-ring (bicyclic) bond motifs is 2. The van der Waals surface area contributed by atoms with Gasteiger partial charge in [0.15, 0.2) is 6.61 Å². The Bertz CT molecular complexity index is 919. The number of halogens is 1. The van der Waals surface area contributed by atoms with Crippen LogP contribution >= 0.6 is 0 Å². The van der Waals surface area contributed by atoms with Crippen molar-refractivity contribution in [1.82, 2.24) is 15.3 Å². The summed E-state index contributed by atoms with van der Waals surface area (Å²) < 4.78 is 23.8. The van der Waals surface area contributed by atoms with Gasteiger partial charge in [0.2, 0.25) is 11.8 Å². The van der Waals surface area contributed by atoms with Gasteiger partial charge in [-0.1, -0.05) is 19.3 Å². The molecule has 2 saturated carbocycles. The van der Waals surface area contributed by atoms with Crippen molar-refractivity contribution in [2.45, 2.75) is 38.5 Å². The van der Waals surface area contributed by atoms with Crippen LogP contribution in [-0.2, 0) is 4.79 Å². The van der Waals surface area contributed by atoms with Crippen molar-refractivity contribution in [3.8, 4) is 17.5 Å². The Morgan fingerprint density at radius 2 is 1.90 bits per heavy atom. The van der Waals surface area contributed by atoms with Gasteiger partial charge in [-0.2, -0.15) is 4.98 Å². The fourth-order valence-corrected chi connectivity index (χ4v) is 4.66. The molecular formula is C22H26FN3O4. The Morgan fingerprint density at radius 3 is 2.63 bits per heavy atom. The molecule has 1 heterocycles. The van der Waals surface area contributed by atoms with Crippen LogP contribution in [0, 0.1) is 23.6 Å². The van der Waals surface area contributed by atoms with E-state index >= 15 is 0 Å². The van der Waals surface area contributed by atoms with Gasteiger partial charge in [0.05, 0.1) is 6.07 Å². The Hall–Kier alpha value is -2.90. The summed E-state index contributed by atoms with van der Waals surface area (Å²) in [4.78, 5) is 30.0. The van der Waals surface area contributed by atoms with Crippen molar-refractivity contribution < 1.29 is 18.7 Å². The number of hydrogen-bond donors (Lipinski definition) is 2. The molecule has 2 N–H and O–H groups in total. The summed E-state index contributed by atoms with van der Waals surface area (Å²) in [5.74, 6) is 1.95. The molecule has 2 unspecified atom stereocenters. The molecule has 1 amide bonds. The number of nitrogens with one attached hydrogen (secondary N) is 2. The first kappa shape index (κ1) is 20.4. The highest BCUT2D eigenvalue weighted by Crippen LogP contribution is 2.42. The van der Waals surface area contributed by atoms with Crippen molar-refractivity contribution in [3.63, 3.8) is 0 Å². The third-order valence-corrected chi connectivity index (χ3v) is 5.90. The Labute approximate surface area is 174 Å². The van der Waals surface area contributed by atoms with Crippen molar-refractivity contribution in [3.05, 3.63) is 46.6 Å². The first-order valence-electron chi connectivity index (χ1n) is 10.5. The Balaban J connectivity index is 1.26. The number of carbonyl (C=O) groups excluding carboxylic acids is 1. The molecule has 2 bridgehead atoms. The zero-order valence-electron chi connectivity index (χ0n) is 16.7. The zero-order chi connectivity index (χ0) is 20.9. The summed E-state index contributed by atoms with van der Waals surface area (Å²) in [6.07, 6.45) is 7.72. The van der Waals surface area contributed by atoms with E-state index in [-0.39, 0.29) is 24.3 Å². The number of nitrogens with zero attached hydrogens (tertiary/aromatic N) is 1. The van der Waals surface area contributed by atoms with E-state index in [9.17, 15) is 14.0 Å². The molecule has 0 saturated heterocycles. The van der Waals surface area contributed by atoms with Crippen LogP contribution in [0.25, 0.3) is 0 Å². The van der Waals surface area contributed by atoms with Gasteiger partial charge >= 0.3 is 5.69 Å². The number of aromatic nitrogens is 2. The minimum absolute atomic E-state index is 0.0155. The fourth-order valence-electron chi connectivity index (χ4n) is 4.66. The standard InChI is InChI=1S/C22H26FN3O4/c23-17-4-6-18(7-5-17)30-21-11-20(25-22(28)26-21)29-13-19(27)24-12-16-9-14-2-1-3-15(8-14)10-16/h4-7,11,14-16H,1-3,8-10,12-13H2,(H,24,27)(H,25,26,28). The lowest BCUT2D eigenvalue weighted by atomic mass is 9.68. The van der Waals surface area contributed by atoms with Gasteiger partial charge in [-0.05, 0) is 61.3 Å². The quantitative estimate of drug-likeness (QED) is 0.723. The first-order chi connectivity index (χ1) is 14.5. The number of rotatable bonds is 7. The van der Waals surface area contributed by atoms with Crippen molar-refractivity contribution >= 4 is 5.91 Å². The predicted molar refractivity (Wildman–Crippen MR) is 108 cm³/mol. The topological polar surface area (TPSA) is 93.3 Å². The number of carbonyl (C=O) groups is 1. The van der Waals surface area contributed by atoms with Gasteiger partial charge in [0, 0.05) is 6.54 Å². The lowest BCUT2D eigenvalue weighted by Gasteiger charge is -2.39. The second kappa shape index (κ2) is 9.28. The van der Waals surface area contributed by atoms with Crippen LogP contribution in [0.15, 0.2) is 35.1 Å². The number of ether oxygens (including phenoxy) is 2. The number of H-pyrrole nitrogens is 1. The molecule has 1 aromatic carbocycles. The van der Waals surface area contributed by atoms with E-state index in [0.29, 0.717) is 18.2 Å². The molecule has 1 aromatic heterocycles. The van der Waals surface area contributed by atoms with E-state index in [4.69, 9.17) is 9.47 Å². The highest BCUT2D eigenvalue weighted by atomic mass is 19.1. The lowest BCUT2D eigenvalue weighted by molar-refractivity contribution is -0.123. The van der Waals surface area contributed by atoms with Crippen molar-refractivity contribution in [2.24, 2.45) is 17.8 Å². The second-order valence-electron chi connectivity index (χ2n) is 8.27. The van der Waals surface area contributed by atoms with E-state index in [1.807, 2.05) is 0 Å². The first-order valence-corrected chi connectivity index (χ1v) is 10.5. The molecule has 7 nitrogen and oxygen atoms in total. The smallest absolute Gasteiger partial charge is 0.351 e. The van der Waals surface area contributed by atoms with Crippen LogP contribution in [0.4, 0.5) is 4.39 Å². The van der Waals surface area contributed by atoms with E-state index in [1.54, 1.807) is 0 Å². The monoisotopic (exact) mass is 415 g/mol. The van der Waals surface area contributed by atoms with Crippen molar-refractivity contribution in [1.29, 1.82) is 0 Å². The van der Waals surface area contributed by atoms with Gasteiger partial charge in [-0.3, -0.25) is 9.78 Å². The molecule has 0 spiro atoms. The van der Waals surface area contributed by atoms with Gasteiger partial charge in [0.1, 0.15) is 11.6 Å². The van der Waals surface area contributed by atoms with Gasteiger partial charge in [-0.15, -0.1) is 0 Å². The molecule has 2 aromatic rings. The molecule has 2 aliphatic rings. The minimum atomic E-state index is -0.668. The maximum Gasteiger partial charge on any atom is 0.351 e. The molecule has 4 rings (SSSR count). The molecular weight excluding hydrogens is 389 g/mol. The van der Waals surface area contributed by atoms with E-state index in [2.05, 4.69) is 15.3 Å². The summed E-state index contributed by atoms with van der Waals surface area (Å²) in [6, 6.07) is 6.73. The van der Waals surface area contributed by atoms with Crippen molar-refractivity contribution in [2.75, 3.05) is 13.2 Å². The van der Waals surface area contributed by atoms with Crippen LogP contribution in [0.2, 0.25) is 0 Å². The van der Waals surface area contributed by atoms with Crippen LogP contribution in [0.1, 0.15) is 38.5 Å². The molecule has 8 heteroatoms. The highest BCUT2D eigenvalue weighted by molar-refractivity contribution is 5.77. The molecule has 160 valence electrons. The average Bonchev–Trinajstić information content (AvgIpc) is 2.72. The number of aromatic amines is 1. The molecule has 0 radical (unpaired) electrons. The summed E-state index contributed by atoms with van der Waals surface area (Å²) in [6.45, 7) is 0.433. The third-order valence-electron chi connectivity index (χ3n) is 5.90. The molecule has 30 heavy (non-hydrogen) atoms. The van der Waals surface area contributed by atoms with E-state index in [1.165, 1.54) is 68.9 Å². The summed E-state index contributed by atoms with van der Waals surface area (Å²) >= 11 is 0. The average molecular weight is 415 g/mol. The zero-order valence-corrected chi connectivity index (χ0v) is 16.7. The van der Waals surface area contributed by atoms with Crippen LogP contribution in [0.5, 0.6) is 17.5 Å². The third kappa shape index (κ3) is 5.58. The molecule has 2 atom stereocenters. The normalized spacial score (nSPS) is 22.9. The largest absolute Gasteiger partial charge is 0.467 e. The number of hydrogen-bond acceptors (Lipinski definition) is 5. The van der Waals surface area contributed by atoms with Crippen LogP contribution < -0.4 is 20.5 Å². The van der Waals surface area contributed by atoms with Crippen LogP contribution in [-0.4, -0.2) is 29.0 Å². The van der Waals surface area contributed by atoms with E-state index in [0.717, 1.165) is 11.8 Å². The van der Waals surface area contributed by atoms with Gasteiger partial charge in [0.25, 0.3) is 5.91 Å². The van der Waals surface area contributed by atoms with Crippen LogP contribution in [0.3, 0.4) is 0 Å². The number of benzene rings is 1. The fraction of sp³-hybridized carbons (Fsp3) is 0.500. The molecule has 2 fully saturated rings. The van der Waals surface area contributed by atoms with Gasteiger partial charge in [-0.25, -0.2) is 9.18 Å². The molecule has 2 aliphatic carbocycles. The maximum atomic E-state index is 13.0. The second-order valence-corrected chi connectivity index (χ2v) is 8.27. The lowest BCUT2D eigenvalue weighted by Crippen LogP contribution is -2.37. The number of amides is 1. The predicted octanol–water partition coefficient (Wildman–Crippen LogP) is 3.41. The maximum absolute atomic E-state index is 13.0.